The number of aryl methyl sites for hydroxylation is 1. The van der Waals surface area contributed by atoms with E-state index in [1.54, 1.807) is 12.1 Å². The molecule has 1 aromatic rings. The van der Waals surface area contributed by atoms with Gasteiger partial charge in [-0.3, -0.25) is 14.6 Å². The highest BCUT2D eigenvalue weighted by atomic mass is 16.4. The standard InChI is InChI=1S/C10H11NO3/c1-7-2-3-8(6-11-7)9(12)4-5-10(13)14/h2-3,6H,4-5H2,1H3,(H,13,14). The number of carbonyl (C=O) groups is 2. The third-order valence-corrected chi connectivity index (χ3v) is 1.80. The van der Waals surface area contributed by atoms with Gasteiger partial charge in [0.1, 0.15) is 0 Å². The zero-order chi connectivity index (χ0) is 10.6. The Morgan fingerprint density at radius 2 is 2.07 bits per heavy atom. The Balaban J connectivity index is 2.61. The molecule has 14 heavy (non-hydrogen) atoms. The second kappa shape index (κ2) is 4.50. The molecular formula is C10H11NO3. The lowest BCUT2D eigenvalue weighted by Crippen LogP contribution is -2.04. The molecule has 4 nitrogen and oxygen atoms in total. The molecule has 0 aliphatic heterocycles. The maximum Gasteiger partial charge on any atom is 0.303 e. The van der Waals surface area contributed by atoms with E-state index in [0.717, 1.165) is 5.69 Å². The molecule has 1 heterocycles. The first-order valence-electron chi connectivity index (χ1n) is 4.27. The van der Waals surface area contributed by atoms with Crippen molar-refractivity contribution >= 4 is 11.8 Å². The maximum atomic E-state index is 11.4. The van der Waals surface area contributed by atoms with Crippen LogP contribution in [0, 0.1) is 6.92 Å². The Labute approximate surface area is 81.6 Å². The second-order valence-corrected chi connectivity index (χ2v) is 3.01. The van der Waals surface area contributed by atoms with Crippen LogP contribution in [0.4, 0.5) is 0 Å². The highest BCUT2D eigenvalue weighted by Crippen LogP contribution is 2.04. The van der Waals surface area contributed by atoms with Gasteiger partial charge in [0.2, 0.25) is 0 Å². The lowest BCUT2D eigenvalue weighted by Gasteiger charge is -1.98. The van der Waals surface area contributed by atoms with Gasteiger partial charge in [0.25, 0.3) is 0 Å². The number of hydrogen-bond donors (Lipinski definition) is 1. The predicted molar refractivity (Wildman–Crippen MR) is 50.2 cm³/mol. The van der Waals surface area contributed by atoms with Crippen LogP contribution in [-0.4, -0.2) is 21.8 Å². The summed E-state index contributed by atoms with van der Waals surface area (Å²) in [6.07, 6.45) is 1.37. The molecule has 0 atom stereocenters. The third-order valence-electron chi connectivity index (χ3n) is 1.80. The van der Waals surface area contributed by atoms with E-state index in [1.165, 1.54) is 6.20 Å². The Bertz CT molecular complexity index is 343. The largest absolute Gasteiger partial charge is 0.481 e. The number of aromatic nitrogens is 1. The summed E-state index contributed by atoms with van der Waals surface area (Å²) in [6.45, 7) is 1.82. The van der Waals surface area contributed by atoms with Crippen molar-refractivity contribution in [3.8, 4) is 0 Å². The lowest BCUT2D eigenvalue weighted by atomic mass is 10.1. The first kappa shape index (κ1) is 10.4. The van der Waals surface area contributed by atoms with Gasteiger partial charge in [-0.25, -0.2) is 0 Å². The van der Waals surface area contributed by atoms with Crippen LogP contribution in [0.1, 0.15) is 28.9 Å². The quantitative estimate of drug-likeness (QED) is 0.734. The highest BCUT2D eigenvalue weighted by Gasteiger charge is 2.07. The molecule has 0 saturated carbocycles. The molecule has 0 radical (unpaired) electrons. The SMILES string of the molecule is Cc1ccc(C(=O)CCC(=O)O)cn1. The molecular weight excluding hydrogens is 182 g/mol. The third kappa shape index (κ3) is 2.97. The minimum absolute atomic E-state index is 0.0279. The van der Waals surface area contributed by atoms with E-state index < -0.39 is 5.97 Å². The number of aliphatic carboxylic acids is 1. The van der Waals surface area contributed by atoms with E-state index in [9.17, 15) is 9.59 Å². The number of Topliss-reactive ketones (excluding diaryl/α,β-unsaturated/α-hetero) is 1. The van der Waals surface area contributed by atoms with Crippen molar-refractivity contribution in [1.29, 1.82) is 0 Å². The van der Waals surface area contributed by atoms with Gasteiger partial charge in [-0.05, 0) is 19.1 Å². The smallest absolute Gasteiger partial charge is 0.303 e. The van der Waals surface area contributed by atoms with Crippen LogP contribution >= 0.6 is 0 Å². The van der Waals surface area contributed by atoms with Crippen molar-refractivity contribution in [2.24, 2.45) is 0 Å². The van der Waals surface area contributed by atoms with Crippen molar-refractivity contribution in [2.75, 3.05) is 0 Å². The van der Waals surface area contributed by atoms with Crippen LogP contribution in [0.3, 0.4) is 0 Å². The fraction of sp³-hybridized carbons (Fsp3) is 0.300. The molecule has 0 saturated heterocycles. The first-order valence-corrected chi connectivity index (χ1v) is 4.27. The second-order valence-electron chi connectivity index (χ2n) is 3.01. The van der Waals surface area contributed by atoms with E-state index >= 15 is 0 Å². The molecule has 0 unspecified atom stereocenters. The molecule has 0 aromatic carbocycles. The van der Waals surface area contributed by atoms with Gasteiger partial charge in [0.15, 0.2) is 5.78 Å². The summed E-state index contributed by atoms with van der Waals surface area (Å²) in [4.78, 5) is 25.5. The summed E-state index contributed by atoms with van der Waals surface area (Å²) in [6, 6.07) is 3.39. The minimum Gasteiger partial charge on any atom is -0.481 e. The number of pyridine rings is 1. The number of carbonyl (C=O) groups excluding carboxylic acids is 1. The van der Waals surface area contributed by atoms with Crippen molar-refractivity contribution in [1.82, 2.24) is 4.98 Å². The summed E-state index contributed by atoms with van der Waals surface area (Å²) < 4.78 is 0. The summed E-state index contributed by atoms with van der Waals surface area (Å²) in [7, 11) is 0. The number of rotatable bonds is 4. The van der Waals surface area contributed by atoms with Gasteiger partial charge in [-0.15, -0.1) is 0 Å². The molecule has 1 N–H and O–H groups in total. The maximum absolute atomic E-state index is 11.4. The molecule has 0 aliphatic rings. The van der Waals surface area contributed by atoms with Crippen molar-refractivity contribution < 1.29 is 14.7 Å². The van der Waals surface area contributed by atoms with Crippen molar-refractivity contribution in [3.05, 3.63) is 29.6 Å². The van der Waals surface area contributed by atoms with E-state index in [2.05, 4.69) is 4.98 Å². The zero-order valence-corrected chi connectivity index (χ0v) is 7.86. The minimum atomic E-state index is -0.960. The van der Waals surface area contributed by atoms with Crippen LogP contribution in [0.15, 0.2) is 18.3 Å². The average Bonchev–Trinajstić information content (AvgIpc) is 2.15. The summed E-state index contributed by atoms with van der Waals surface area (Å²) >= 11 is 0. The van der Waals surface area contributed by atoms with Gasteiger partial charge in [0, 0.05) is 23.9 Å². The summed E-state index contributed by atoms with van der Waals surface area (Å²) in [5.74, 6) is -1.14. The van der Waals surface area contributed by atoms with Crippen LogP contribution in [-0.2, 0) is 4.79 Å². The van der Waals surface area contributed by atoms with E-state index in [4.69, 9.17) is 5.11 Å². The Hall–Kier alpha value is -1.71. The summed E-state index contributed by atoms with van der Waals surface area (Å²) in [5, 5.41) is 8.39. The van der Waals surface area contributed by atoms with Crippen LogP contribution < -0.4 is 0 Å². The molecule has 4 heteroatoms. The molecule has 0 bridgehead atoms. The van der Waals surface area contributed by atoms with Crippen molar-refractivity contribution in [2.45, 2.75) is 19.8 Å². The van der Waals surface area contributed by atoms with Crippen LogP contribution in [0.5, 0.6) is 0 Å². The van der Waals surface area contributed by atoms with Gasteiger partial charge >= 0.3 is 5.97 Å². The Morgan fingerprint density at radius 1 is 1.36 bits per heavy atom. The van der Waals surface area contributed by atoms with E-state index in [1.807, 2.05) is 6.92 Å². The van der Waals surface area contributed by atoms with E-state index in [0.29, 0.717) is 5.56 Å². The molecule has 0 spiro atoms. The van der Waals surface area contributed by atoms with Gasteiger partial charge < -0.3 is 5.11 Å². The zero-order valence-electron chi connectivity index (χ0n) is 7.86. The molecule has 0 amide bonds. The van der Waals surface area contributed by atoms with Crippen LogP contribution in [0.25, 0.3) is 0 Å². The number of ketones is 1. The monoisotopic (exact) mass is 193 g/mol. The first-order chi connectivity index (χ1) is 6.59. The highest BCUT2D eigenvalue weighted by molar-refractivity contribution is 5.97. The fourth-order valence-electron chi connectivity index (χ4n) is 0.998. The number of nitrogens with zero attached hydrogens (tertiary/aromatic N) is 1. The topological polar surface area (TPSA) is 67.3 Å². The summed E-state index contributed by atoms with van der Waals surface area (Å²) in [5.41, 5.74) is 1.30. The van der Waals surface area contributed by atoms with Crippen molar-refractivity contribution in [3.63, 3.8) is 0 Å². The van der Waals surface area contributed by atoms with Crippen LogP contribution in [0.2, 0.25) is 0 Å². The Morgan fingerprint density at radius 3 is 2.57 bits per heavy atom. The van der Waals surface area contributed by atoms with Gasteiger partial charge in [-0.1, -0.05) is 0 Å². The molecule has 1 aromatic heterocycles. The van der Waals surface area contributed by atoms with E-state index in [-0.39, 0.29) is 18.6 Å². The number of hydrogen-bond acceptors (Lipinski definition) is 3. The fourth-order valence-corrected chi connectivity index (χ4v) is 0.998. The number of carboxylic acids is 1. The predicted octanol–water partition coefficient (Wildman–Crippen LogP) is 1.44. The van der Waals surface area contributed by atoms with Gasteiger partial charge in [-0.2, -0.15) is 0 Å². The molecule has 74 valence electrons. The molecule has 0 fully saturated rings. The normalized spacial score (nSPS) is 9.79. The number of carboxylic acid groups (broad SMARTS) is 1. The lowest BCUT2D eigenvalue weighted by molar-refractivity contribution is -0.136. The molecule has 1 rings (SSSR count). The molecule has 0 aliphatic carbocycles. The average molecular weight is 193 g/mol. The Kier molecular flexibility index (Phi) is 3.34. The van der Waals surface area contributed by atoms with Gasteiger partial charge in [0.05, 0.1) is 6.42 Å².